The Hall–Kier alpha value is -5.15. The number of aromatic amines is 1. The summed E-state index contributed by atoms with van der Waals surface area (Å²) in [5, 5.41) is 21.1. The van der Waals surface area contributed by atoms with Gasteiger partial charge in [0, 0.05) is 29.7 Å². The summed E-state index contributed by atoms with van der Waals surface area (Å²) < 4.78 is 78.3. The van der Waals surface area contributed by atoms with Crippen LogP contribution < -0.4 is 10.6 Å². The van der Waals surface area contributed by atoms with Gasteiger partial charge in [0.25, 0.3) is 5.91 Å². The Morgan fingerprint density at radius 1 is 0.881 bits per heavy atom. The number of carboxylic acids is 2. The van der Waals surface area contributed by atoms with Crippen molar-refractivity contribution in [1.29, 1.82) is 0 Å². The van der Waals surface area contributed by atoms with Crippen LogP contribution in [0.3, 0.4) is 0 Å². The lowest BCUT2D eigenvalue weighted by Crippen LogP contribution is -2.31. The number of benzene rings is 2. The summed E-state index contributed by atoms with van der Waals surface area (Å²) in [6.07, 6.45) is -9.47. The largest absolute Gasteiger partial charge is 0.490 e. The quantitative estimate of drug-likeness (QED) is 0.191. The number of aromatic nitrogens is 2. The smallest absolute Gasteiger partial charge is 0.475 e. The van der Waals surface area contributed by atoms with Crippen LogP contribution in [0.4, 0.5) is 42.2 Å². The summed E-state index contributed by atoms with van der Waals surface area (Å²) in [7, 11) is 0. The summed E-state index contributed by atoms with van der Waals surface area (Å²) in [5.74, 6) is -5.40. The topological polar surface area (TPSA) is 144 Å². The van der Waals surface area contributed by atoms with Gasteiger partial charge in [0.15, 0.2) is 0 Å². The van der Waals surface area contributed by atoms with E-state index in [1.807, 2.05) is 42.5 Å². The van der Waals surface area contributed by atoms with Gasteiger partial charge in [-0.1, -0.05) is 18.2 Å². The molecule has 0 radical (unpaired) electrons. The Bertz CT molecular complexity index is 1580. The lowest BCUT2D eigenvalue weighted by atomic mass is 10.0. The normalized spacial score (nSPS) is 12.6. The predicted molar refractivity (Wildman–Crippen MR) is 135 cm³/mol. The minimum Gasteiger partial charge on any atom is -0.475 e. The molecule has 0 spiro atoms. The number of rotatable bonds is 3. The standard InChI is InChI=1S/C22H17FN4O.2C2HF3O2/c23-16-8-6-13-7-9-19(25-14-4-2-1-3-5-14)27-21(13)20(16)18-12-15-17(26-18)10-11-24-22(15)28;2*3-2(4,5)1(6)7/h1-9,12,26H,10-11H2,(H,24,28)(H,25,27);2*(H,6,7). The molecular formula is C26H19F7N4O5. The van der Waals surface area contributed by atoms with E-state index in [0.717, 1.165) is 16.8 Å². The number of anilines is 2. The lowest BCUT2D eigenvalue weighted by molar-refractivity contribution is -0.193. The van der Waals surface area contributed by atoms with Crippen LogP contribution in [-0.2, 0) is 16.0 Å². The number of carboxylic acid groups (broad SMARTS) is 2. The molecule has 0 unspecified atom stereocenters. The van der Waals surface area contributed by atoms with E-state index in [9.17, 15) is 35.5 Å². The predicted octanol–water partition coefficient (Wildman–Crippen LogP) is 5.67. The maximum atomic E-state index is 14.8. The Morgan fingerprint density at radius 2 is 1.45 bits per heavy atom. The third-order valence-corrected chi connectivity index (χ3v) is 5.42. The van der Waals surface area contributed by atoms with E-state index in [2.05, 4.69) is 20.6 Å². The molecule has 1 aliphatic rings. The summed E-state index contributed by atoms with van der Waals surface area (Å²) in [6.45, 7) is 0.577. The van der Waals surface area contributed by atoms with E-state index in [1.165, 1.54) is 6.07 Å². The molecule has 1 amide bonds. The fourth-order valence-electron chi connectivity index (χ4n) is 3.59. The molecule has 0 fully saturated rings. The number of alkyl halides is 6. The molecule has 0 saturated carbocycles. The third kappa shape index (κ3) is 7.96. The molecule has 2 aromatic heterocycles. The maximum absolute atomic E-state index is 14.8. The molecule has 4 aromatic rings. The van der Waals surface area contributed by atoms with Crippen LogP contribution in [0.1, 0.15) is 16.1 Å². The minimum absolute atomic E-state index is 0.135. The fourth-order valence-corrected chi connectivity index (χ4v) is 3.59. The van der Waals surface area contributed by atoms with Gasteiger partial charge < -0.3 is 25.8 Å². The first-order chi connectivity index (χ1) is 19.6. The number of pyridine rings is 1. The van der Waals surface area contributed by atoms with E-state index < -0.39 is 24.3 Å². The van der Waals surface area contributed by atoms with E-state index in [-0.39, 0.29) is 11.7 Å². The summed E-state index contributed by atoms with van der Waals surface area (Å²) >= 11 is 0. The number of carbonyl (C=O) groups excluding carboxylic acids is 1. The van der Waals surface area contributed by atoms with Crippen molar-refractivity contribution in [2.45, 2.75) is 18.8 Å². The molecule has 0 bridgehead atoms. The molecular weight excluding hydrogens is 581 g/mol. The molecule has 0 saturated heterocycles. The maximum Gasteiger partial charge on any atom is 0.490 e. The highest BCUT2D eigenvalue weighted by molar-refractivity contribution is 6.00. The number of para-hydroxylation sites is 1. The number of aliphatic carboxylic acids is 2. The van der Waals surface area contributed by atoms with Crippen molar-refractivity contribution in [2.24, 2.45) is 0 Å². The van der Waals surface area contributed by atoms with Gasteiger partial charge in [-0.05, 0) is 42.5 Å². The van der Waals surface area contributed by atoms with Crippen LogP contribution in [0.2, 0.25) is 0 Å². The summed E-state index contributed by atoms with van der Waals surface area (Å²) in [4.78, 5) is 37.8. The molecule has 3 heterocycles. The second-order valence-electron chi connectivity index (χ2n) is 8.37. The molecule has 9 nitrogen and oxygen atoms in total. The average Bonchev–Trinajstić information content (AvgIpc) is 3.34. The zero-order valence-corrected chi connectivity index (χ0v) is 20.9. The third-order valence-electron chi connectivity index (χ3n) is 5.42. The van der Waals surface area contributed by atoms with E-state index in [4.69, 9.17) is 19.8 Å². The van der Waals surface area contributed by atoms with Crippen molar-refractivity contribution >= 4 is 40.3 Å². The number of fused-ring (bicyclic) bond motifs is 2. The highest BCUT2D eigenvalue weighted by atomic mass is 19.4. The zero-order chi connectivity index (χ0) is 31.2. The van der Waals surface area contributed by atoms with Gasteiger partial charge in [0.05, 0.1) is 22.3 Å². The van der Waals surface area contributed by atoms with Crippen LogP contribution in [0.25, 0.3) is 22.2 Å². The summed E-state index contributed by atoms with van der Waals surface area (Å²) in [6, 6.07) is 18.3. The molecule has 0 atom stereocenters. The first-order valence-corrected chi connectivity index (χ1v) is 11.6. The highest BCUT2D eigenvalue weighted by Gasteiger charge is 2.38. The van der Waals surface area contributed by atoms with Gasteiger partial charge in [0.2, 0.25) is 0 Å². The van der Waals surface area contributed by atoms with Crippen molar-refractivity contribution in [1.82, 2.24) is 15.3 Å². The van der Waals surface area contributed by atoms with Crippen molar-refractivity contribution in [2.75, 3.05) is 11.9 Å². The van der Waals surface area contributed by atoms with Crippen molar-refractivity contribution in [3.8, 4) is 11.3 Å². The highest BCUT2D eigenvalue weighted by Crippen LogP contribution is 2.33. The van der Waals surface area contributed by atoms with E-state index in [0.29, 0.717) is 41.1 Å². The van der Waals surface area contributed by atoms with Gasteiger partial charge in [-0.25, -0.2) is 19.0 Å². The van der Waals surface area contributed by atoms with Gasteiger partial charge >= 0.3 is 24.3 Å². The minimum atomic E-state index is -5.08. The second-order valence-corrected chi connectivity index (χ2v) is 8.37. The van der Waals surface area contributed by atoms with Crippen LogP contribution >= 0.6 is 0 Å². The molecule has 42 heavy (non-hydrogen) atoms. The number of nitrogens with one attached hydrogen (secondary N) is 3. The second kappa shape index (κ2) is 12.6. The molecule has 1 aliphatic heterocycles. The average molecular weight is 600 g/mol. The Balaban J connectivity index is 0.000000289. The Kier molecular flexibility index (Phi) is 9.39. The monoisotopic (exact) mass is 600 g/mol. The summed E-state index contributed by atoms with van der Waals surface area (Å²) in [5.41, 5.74) is 3.77. The number of halogens is 7. The SMILES string of the molecule is O=C(O)C(F)(F)F.O=C(O)C(F)(F)F.O=C1NCCc2[nH]c(-c3c(F)ccc4ccc(Nc5ccccc5)nc34)cc21. The van der Waals surface area contributed by atoms with Gasteiger partial charge in [-0.15, -0.1) is 0 Å². The molecule has 5 rings (SSSR count). The molecule has 2 aromatic carbocycles. The first kappa shape index (κ1) is 31.4. The van der Waals surface area contributed by atoms with Crippen LogP contribution in [0, 0.1) is 5.82 Å². The van der Waals surface area contributed by atoms with Crippen LogP contribution in [0.15, 0.2) is 60.7 Å². The molecule has 222 valence electrons. The van der Waals surface area contributed by atoms with Crippen molar-refractivity contribution in [3.63, 3.8) is 0 Å². The molecule has 16 heteroatoms. The van der Waals surface area contributed by atoms with Gasteiger partial charge in [-0.2, -0.15) is 26.3 Å². The number of nitrogens with zero attached hydrogens (tertiary/aromatic N) is 1. The fraction of sp³-hybridized carbons (Fsp3) is 0.154. The lowest BCUT2D eigenvalue weighted by Gasteiger charge is -2.11. The Labute approximate surface area is 231 Å². The van der Waals surface area contributed by atoms with Crippen molar-refractivity contribution in [3.05, 3.63) is 77.7 Å². The van der Waals surface area contributed by atoms with Gasteiger partial charge in [-0.3, -0.25) is 4.79 Å². The first-order valence-electron chi connectivity index (χ1n) is 11.6. The van der Waals surface area contributed by atoms with E-state index in [1.54, 1.807) is 12.1 Å². The zero-order valence-electron chi connectivity index (χ0n) is 20.9. The number of H-pyrrole nitrogens is 1. The number of hydrogen-bond acceptors (Lipinski definition) is 5. The van der Waals surface area contributed by atoms with Crippen LogP contribution in [0.5, 0.6) is 0 Å². The van der Waals surface area contributed by atoms with Crippen LogP contribution in [-0.4, -0.2) is 56.9 Å². The number of amides is 1. The molecule has 0 aliphatic carbocycles. The van der Waals surface area contributed by atoms with Gasteiger partial charge in [0.1, 0.15) is 11.6 Å². The number of carbonyl (C=O) groups is 3. The number of hydrogen-bond donors (Lipinski definition) is 5. The molecule has 5 N–H and O–H groups in total. The Morgan fingerprint density at radius 3 is 2.00 bits per heavy atom. The van der Waals surface area contributed by atoms with Crippen molar-refractivity contribution < 1.29 is 55.3 Å². The van der Waals surface area contributed by atoms with E-state index >= 15 is 0 Å².